The Morgan fingerprint density at radius 3 is 2.05 bits per heavy atom. The standard InChI is InChI=1S/C13H6Cl4F2/c14-6-1-2-7(9(5-6)13(18)19)8-3-4-10(15)12(17)11(8)16/h1-5,13H. The van der Waals surface area contributed by atoms with E-state index in [0.29, 0.717) is 5.56 Å². The molecule has 0 aromatic heterocycles. The Hall–Kier alpha value is -0.540. The molecule has 6 heteroatoms. The van der Waals surface area contributed by atoms with Gasteiger partial charge < -0.3 is 0 Å². The van der Waals surface area contributed by atoms with E-state index in [4.69, 9.17) is 46.4 Å². The molecule has 0 fully saturated rings. The minimum absolute atomic E-state index is 0.135. The number of halogens is 6. The second-order valence-corrected chi connectivity index (χ2v) is 5.35. The topological polar surface area (TPSA) is 0 Å². The van der Waals surface area contributed by atoms with Gasteiger partial charge in [0.15, 0.2) is 0 Å². The maximum Gasteiger partial charge on any atom is 0.264 e. The van der Waals surface area contributed by atoms with Crippen molar-refractivity contribution in [2.75, 3.05) is 0 Å². The van der Waals surface area contributed by atoms with E-state index < -0.39 is 6.43 Å². The summed E-state index contributed by atoms with van der Waals surface area (Å²) in [4.78, 5) is 0. The maximum absolute atomic E-state index is 13.0. The molecule has 0 unspecified atom stereocenters. The summed E-state index contributed by atoms with van der Waals surface area (Å²) in [7, 11) is 0. The molecule has 0 saturated heterocycles. The first-order chi connectivity index (χ1) is 8.91. The van der Waals surface area contributed by atoms with Gasteiger partial charge in [0.25, 0.3) is 6.43 Å². The number of hydrogen-bond donors (Lipinski definition) is 0. The summed E-state index contributed by atoms with van der Waals surface area (Å²) in [6.45, 7) is 0. The molecule has 0 saturated carbocycles. The van der Waals surface area contributed by atoms with Gasteiger partial charge in [-0.25, -0.2) is 8.78 Å². The third-order valence-electron chi connectivity index (χ3n) is 2.57. The molecule has 2 aromatic carbocycles. The highest BCUT2D eigenvalue weighted by molar-refractivity contribution is 6.49. The summed E-state index contributed by atoms with van der Waals surface area (Å²) in [5, 5.41) is 0.771. The van der Waals surface area contributed by atoms with E-state index in [9.17, 15) is 8.78 Å². The highest BCUT2D eigenvalue weighted by Gasteiger charge is 2.18. The van der Waals surface area contributed by atoms with Crippen LogP contribution in [0.5, 0.6) is 0 Å². The Bertz CT molecular complexity index is 626. The van der Waals surface area contributed by atoms with Gasteiger partial charge in [0.05, 0.1) is 15.1 Å². The highest BCUT2D eigenvalue weighted by Crippen LogP contribution is 2.41. The summed E-state index contributed by atoms with van der Waals surface area (Å²) in [6, 6.07) is 7.26. The van der Waals surface area contributed by atoms with Crippen molar-refractivity contribution in [3.8, 4) is 11.1 Å². The van der Waals surface area contributed by atoms with E-state index in [-0.39, 0.29) is 31.2 Å². The van der Waals surface area contributed by atoms with Gasteiger partial charge in [0, 0.05) is 16.1 Å². The first-order valence-corrected chi connectivity index (χ1v) is 6.64. The fourth-order valence-corrected chi connectivity index (χ4v) is 2.51. The lowest BCUT2D eigenvalue weighted by Crippen LogP contribution is -1.91. The van der Waals surface area contributed by atoms with Crippen molar-refractivity contribution >= 4 is 46.4 Å². The zero-order valence-electron chi connectivity index (χ0n) is 9.23. The van der Waals surface area contributed by atoms with Gasteiger partial charge in [0.1, 0.15) is 0 Å². The normalized spacial score (nSPS) is 11.1. The van der Waals surface area contributed by atoms with Crippen LogP contribution < -0.4 is 0 Å². The molecule has 0 aliphatic rings. The minimum atomic E-state index is -2.67. The molecule has 0 amide bonds. The van der Waals surface area contributed by atoms with Crippen molar-refractivity contribution < 1.29 is 8.78 Å². The Morgan fingerprint density at radius 2 is 1.42 bits per heavy atom. The molecule has 0 bridgehead atoms. The minimum Gasteiger partial charge on any atom is -0.205 e. The van der Waals surface area contributed by atoms with Crippen LogP contribution in [0.15, 0.2) is 30.3 Å². The van der Waals surface area contributed by atoms with Gasteiger partial charge in [-0.15, -0.1) is 0 Å². The van der Waals surface area contributed by atoms with E-state index in [1.165, 1.54) is 24.3 Å². The zero-order valence-corrected chi connectivity index (χ0v) is 12.3. The predicted molar refractivity (Wildman–Crippen MR) is 76.9 cm³/mol. The fraction of sp³-hybridized carbons (Fsp3) is 0.0769. The smallest absolute Gasteiger partial charge is 0.205 e. The van der Waals surface area contributed by atoms with Crippen molar-refractivity contribution in [1.29, 1.82) is 0 Å². The highest BCUT2D eigenvalue weighted by atomic mass is 35.5. The molecule has 0 spiro atoms. The second-order valence-electron chi connectivity index (χ2n) is 3.76. The van der Waals surface area contributed by atoms with Gasteiger partial charge in [-0.1, -0.05) is 58.5 Å². The van der Waals surface area contributed by atoms with Gasteiger partial charge in [-0.3, -0.25) is 0 Å². The molecule has 0 aliphatic carbocycles. The molecule has 19 heavy (non-hydrogen) atoms. The monoisotopic (exact) mass is 340 g/mol. The van der Waals surface area contributed by atoms with Gasteiger partial charge in [-0.05, 0) is 23.8 Å². The Kier molecular flexibility index (Phi) is 4.57. The summed E-state index contributed by atoms with van der Waals surface area (Å²) in [6.07, 6.45) is -2.67. The first-order valence-electron chi connectivity index (χ1n) is 5.13. The van der Waals surface area contributed by atoms with Gasteiger partial charge in [0.2, 0.25) is 0 Å². The first kappa shape index (κ1) is 14.9. The molecule has 0 N–H and O–H groups in total. The summed E-state index contributed by atoms with van der Waals surface area (Å²) < 4.78 is 26.1. The molecule has 0 heterocycles. The van der Waals surface area contributed by atoms with Crippen LogP contribution in [0.25, 0.3) is 11.1 Å². The molecule has 100 valence electrons. The number of alkyl halides is 2. The van der Waals surface area contributed by atoms with E-state index in [1.54, 1.807) is 6.07 Å². The van der Waals surface area contributed by atoms with Crippen LogP contribution in [0.3, 0.4) is 0 Å². The number of rotatable bonds is 2. The van der Waals surface area contributed by atoms with Crippen molar-refractivity contribution in [3.05, 3.63) is 56.0 Å². The summed E-state index contributed by atoms with van der Waals surface area (Å²) in [5.74, 6) is 0. The van der Waals surface area contributed by atoms with Crippen molar-refractivity contribution in [3.63, 3.8) is 0 Å². The zero-order chi connectivity index (χ0) is 14.2. The SMILES string of the molecule is FC(F)c1cc(Cl)ccc1-c1ccc(Cl)c(Cl)c1Cl. The third-order valence-corrected chi connectivity index (χ3v) is 4.10. The van der Waals surface area contributed by atoms with Crippen LogP contribution >= 0.6 is 46.4 Å². The van der Waals surface area contributed by atoms with Crippen LogP contribution in [0, 0.1) is 0 Å². The van der Waals surface area contributed by atoms with Crippen molar-refractivity contribution in [1.82, 2.24) is 0 Å². The Labute approximate surface area is 128 Å². The van der Waals surface area contributed by atoms with E-state index in [0.717, 1.165) is 0 Å². The molecule has 0 nitrogen and oxygen atoms in total. The molecule has 2 rings (SSSR count). The van der Waals surface area contributed by atoms with Crippen LogP contribution in [-0.2, 0) is 0 Å². The third kappa shape index (κ3) is 2.97. The van der Waals surface area contributed by atoms with Crippen LogP contribution in [-0.4, -0.2) is 0 Å². The fourth-order valence-electron chi connectivity index (χ4n) is 1.69. The quantitative estimate of drug-likeness (QED) is 0.521. The molecule has 0 aliphatic heterocycles. The molecular weight excluding hydrogens is 336 g/mol. The maximum atomic E-state index is 13.0. The molecule has 0 radical (unpaired) electrons. The lowest BCUT2D eigenvalue weighted by molar-refractivity contribution is 0.152. The van der Waals surface area contributed by atoms with Crippen LogP contribution in [0.4, 0.5) is 8.78 Å². The lowest BCUT2D eigenvalue weighted by Gasteiger charge is -2.12. The second kappa shape index (κ2) is 5.84. The van der Waals surface area contributed by atoms with E-state index in [2.05, 4.69) is 0 Å². The summed E-state index contributed by atoms with van der Waals surface area (Å²) in [5.41, 5.74) is 0.471. The number of hydrogen-bond acceptors (Lipinski definition) is 0. The van der Waals surface area contributed by atoms with Crippen LogP contribution in [0.1, 0.15) is 12.0 Å². The van der Waals surface area contributed by atoms with Gasteiger partial charge in [-0.2, -0.15) is 0 Å². The van der Waals surface area contributed by atoms with Crippen LogP contribution in [0.2, 0.25) is 20.1 Å². The largest absolute Gasteiger partial charge is 0.264 e. The molecule has 2 aromatic rings. The Morgan fingerprint density at radius 1 is 0.789 bits per heavy atom. The number of benzene rings is 2. The molecular formula is C13H6Cl4F2. The predicted octanol–water partition coefficient (Wildman–Crippen LogP) is 6.90. The van der Waals surface area contributed by atoms with Crippen molar-refractivity contribution in [2.24, 2.45) is 0 Å². The lowest BCUT2D eigenvalue weighted by atomic mass is 10.00. The van der Waals surface area contributed by atoms with Gasteiger partial charge >= 0.3 is 0 Å². The Balaban J connectivity index is 2.69. The average molecular weight is 342 g/mol. The summed E-state index contributed by atoms with van der Waals surface area (Å²) >= 11 is 23.5. The average Bonchev–Trinajstić information content (AvgIpc) is 2.37. The van der Waals surface area contributed by atoms with E-state index >= 15 is 0 Å². The van der Waals surface area contributed by atoms with Crippen molar-refractivity contribution in [2.45, 2.75) is 6.43 Å². The molecule has 0 atom stereocenters. The van der Waals surface area contributed by atoms with E-state index in [1.807, 2.05) is 0 Å².